The Morgan fingerprint density at radius 1 is 1.00 bits per heavy atom. The van der Waals surface area contributed by atoms with Gasteiger partial charge in [0.1, 0.15) is 0 Å². The summed E-state index contributed by atoms with van der Waals surface area (Å²) >= 11 is 0. The Morgan fingerprint density at radius 3 is 2.44 bits per heavy atom. The average molecular weight is 238 g/mol. The number of hydrogen-bond acceptors (Lipinski definition) is 4. The Balaban J connectivity index is 2.53. The van der Waals surface area contributed by atoms with Crippen molar-refractivity contribution >= 4 is 21.2 Å². The summed E-state index contributed by atoms with van der Waals surface area (Å²) in [6.45, 7) is 0. The molecule has 0 spiro atoms. The van der Waals surface area contributed by atoms with Gasteiger partial charge in [0.2, 0.25) is 0 Å². The summed E-state index contributed by atoms with van der Waals surface area (Å²) < 4.78 is 31.4. The molecule has 4 nitrogen and oxygen atoms in total. The molecule has 0 heterocycles. The molecule has 0 amide bonds. The molecule has 0 unspecified atom stereocenters. The summed E-state index contributed by atoms with van der Waals surface area (Å²) in [5, 5.41) is 1.64. The normalized spacial score (nSPS) is 11.6. The molecule has 0 fully saturated rings. The second kappa shape index (κ2) is 4.11. The number of hydrogen-bond donors (Lipinski definition) is 0. The van der Waals surface area contributed by atoms with Crippen LogP contribution in [-0.2, 0) is 14.6 Å². The zero-order valence-corrected chi connectivity index (χ0v) is 9.40. The van der Waals surface area contributed by atoms with E-state index in [1.54, 1.807) is 18.2 Å². The molecule has 0 bridgehead atoms. The van der Waals surface area contributed by atoms with Crippen molar-refractivity contribution in [2.45, 2.75) is 0 Å². The Hall–Kier alpha value is -1.59. The van der Waals surface area contributed by atoms with Gasteiger partial charge < -0.3 is 4.18 Å². The van der Waals surface area contributed by atoms with Gasteiger partial charge in [0, 0.05) is 5.39 Å². The minimum Gasteiger partial charge on any atom is -0.361 e. The van der Waals surface area contributed by atoms with Crippen molar-refractivity contribution in [3.8, 4) is 5.75 Å². The van der Waals surface area contributed by atoms with Gasteiger partial charge in [-0.25, -0.2) is 4.18 Å². The van der Waals surface area contributed by atoms with Crippen LogP contribution in [-0.4, -0.2) is 15.5 Å². The highest BCUT2D eigenvalue weighted by molar-refractivity contribution is 7.82. The molecule has 84 valence electrons. The van der Waals surface area contributed by atoms with Crippen molar-refractivity contribution in [3.05, 3.63) is 42.5 Å². The predicted octanol–water partition coefficient (Wildman–Crippen LogP) is 2.11. The Bertz CT molecular complexity index is 599. The topological polar surface area (TPSA) is 52.6 Å². The minimum absolute atomic E-state index is 0.264. The van der Waals surface area contributed by atoms with Crippen LogP contribution in [0.25, 0.3) is 10.8 Å². The lowest BCUT2D eigenvalue weighted by Crippen LogP contribution is -2.10. The summed E-state index contributed by atoms with van der Waals surface area (Å²) in [6, 6.07) is 12.5. The average Bonchev–Trinajstić information content (AvgIpc) is 2.29. The van der Waals surface area contributed by atoms with E-state index in [1.165, 1.54) is 0 Å². The van der Waals surface area contributed by atoms with E-state index in [1.807, 2.05) is 24.3 Å². The largest absolute Gasteiger partial charge is 0.448 e. The molecule has 0 radical (unpaired) electrons. The van der Waals surface area contributed by atoms with Gasteiger partial charge in [-0.05, 0) is 11.5 Å². The van der Waals surface area contributed by atoms with E-state index >= 15 is 0 Å². The van der Waals surface area contributed by atoms with Gasteiger partial charge in [-0.3, -0.25) is 0 Å². The first-order chi connectivity index (χ1) is 7.62. The van der Waals surface area contributed by atoms with Crippen LogP contribution in [0.1, 0.15) is 0 Å². The van der Waals surface area contributed by atoms with Crippen LogP contribution in [0.5, 0.6) is 5.75 Å². The van der Waals surface area contributed by atoms with E-state index in [9.17, 15) is 8.42 Å². The fraction of sp³-hybridized carbons (Fsp3) is 0.0909. The highest BCUT2D eigenvalue weighted by Gasteiger charge is 2.12. The molecule has 16 heavy (non-hydrogen) atoms. The summed E-state index contributed by atoms with van der Waals surface area (Å²) in [5.74, 6) is 0.264. The lowest BCUT2D eigenvalue weighted by atomic mass is 10.1. The van der Waals surface area contributed by atoms with Gasteiger partial charge in [-0.1, -0.05) is 36.4 Å². The van der Waals surface area contributed by atoms with Crippen LogP contribution >= 0.6 is 0 Å². The first kappa shape index (κ1) is 10.9. The van der Waals surface area contributed by atoms with Crippen LogP contribution in [0.15, 0.2) is 42.5 Å². The number of fused-ring (bicyclic) bond motifs is 1. The lowest BCUT2D eigenvalue weighted by Gasteiger charge is -2.07. The molecule has 5 heteroatoms. The zero-order valence-electron chi connectivity index (χ0n) is 8.58. The van der Waals surface area contributed by atoms with Crippen LogP contribution in [0, 0.1) is 0 Å². The van der Waals surface area contributed by atoms with Crippen molar-refractivity contribution < 1.29 is 16.8 Å². The van der Waals surface area contributed by atoms with Crippen molar-refractivity contribution in [1.29, 1.82) is 0 Å². The molecule has 0 aliphatic rings. The summed E-state index contributed by atoms with van der Waals surface area (Å²) in [5.41, 5.74) is 0. The Morgan fingerprint density at radius 2 is 1.69 bits per heavy atom. The van der Waals surface area contributed by atoms with Crippen LogP contribution < -0.4 is 4.18 Å². The van der Waals surface area contributed by atoms with E-state index in [-0.39, 0.29) is 5.75 Å². The Kier molecular flexibility index (Phi) is 2.80. The van der Waals surface area contributed by atoms with E-state index in [0.29, 0.717) is 0 Å². The standard InChI is InChI=1S/C11H10O4S/c1-14-16(12,13)15-11-8-4-6-9-5-2-3-7-10(9)11/h2-8H,1H3. The zero-order chi connectivity index (χ0) is 11.6. The van der Waals surface area contributed by atoms with Crippen LogP contribution in [0.2, 0.25) is 0 Å². The fourth-order valence-corrected chi connectivity index (χ4v) is 1.85. The monoisotopic (exact) mass is 238 g/mol. The highest BCUT2D eigenvalue weighted by Crippen LogP contribution is 2.26. The molecule has 0 N–H and O–H groups in total. The number of benzene rings is 2. The van der Waals surface area contributed by atoms with E-state index in [0.717, 1.165) is 17.9 Å². The van der Waals surface area contributed by atoms with E-state index < -0.39 is 10.4 Å². The van der Waals surface area contributed by atoms with Gasteiger partial charge in [-0.15, -0.1) is 0 Å². The summed E-state index contributed by atoms with van der Waals surface area (Å²) in [6.07, 6.45) is 0. The van der Waals surface area contributed by atoms with Gasteiger partial charge in [0.05, 0.1) is 7.11 Å². The van der Waals surface area contributed by atoms with Gasteiger partial charge in [-0.2, -0.15) is 8.42 Å². The van der Waals surface area contributed by atoms with Crippen LogP contribution in [0.3, 0.4) is 0 Å². The quantitative estimate of drug-likeness (QED) is 0.821. The van der Waals surface area contributed by atoms with Gasteiger partial charge >= 0.3 is 10.4 Å². The number of rotatable bonds is 3. The SMILES string of the molecule is COS(=O)(=O)Oc1cccc2ccccc12. The maximum Gasteiger partial charge on any atom is 0.448 e. The molecule has 2 rings (SSSR count). The maximum atomic E-state index is 11.2. The maximum absolute atomic E-state index is 11.2. The molecule has 2 aromatic rings. The van der Waals surface area contributed by atoms with Crippen molar-refractivity contribution in [1.82, 2.24) is 0 Å². The predicted molar refractivity (Wildman–Crippen MR) is 60.5 cm³/mol. The first-order valence-electron chi connectivity index (χ1n) is 4.60. The third-order valence-electron chi connectivity index (χ3n) is 2.15. The smallest absolute Gasteiger partial charge is 0.361 e. The third kappa shape index (κ3) is 2.15. The molecule has 0 aromatic heterocycles. The van der Waals surface area contributed by atoms with Crippen molar-refractivity contribution in [2.75, 3.05) is 7.11 Å². The highest BCUT2D eigenvalue weighted by atomic mass is 32.3. The molecule has 0 saturated heterocycles. The van der Waals surface area contributed by atoms with Crippen molar-refractivity contribution in [2.24, 2.45) is 0 Å². The van der Waals surface area contributed by atoms with Crippen LogP contribution in [0.4, 0.5) is 0 Å². The third-order valence-corrected chi connectivity index (χ3v) is 2.94. The lowest BCUT2D eigenvalue weighted by molar-refractivity contribution is 0.331. The first-order valence-corrected chi connectivity index (χ1v) is 5.93. The molecule has 2 aromatic carbocycles. The molecule has 0 aliphatic heterocycles. The van der Waals surface area contributed by atoms with Gasteiger partial charge in [0.25, 0.3) is 0 Å². The summed E-state index contributed by atoms with van der Waals surface area (Å²) in [4.78, 5) is 0. The van der Waals surface area contributed by atoms with Gasteiger partial charge in [0.15, 0.2) is 5.75 Å². The Labute approximate surface area is 93.7 Å². The second-order valence-corrected chi connectivity index (χ2v) is 4.45. The fourth-order valence-electron chi connectivity index (χ4n) is 1.41. The molecular weight excluding hydrogens is 228 g/mol. The second-order valence-electron chi connectivity index (χ2n) is 3.14. The summed E-state index contributed by atoms with van der Waals surface area (Å²) in [7, 11) is -2.91. The van der Waals surface area contributed by atoms with Crippen molar-refractivity contribution in [3.63, 3.8) is 0 Å². The van der Waals surface area contributed by atoms with E-state index in [4.69, 9.17) is 4.18 Å². The molecule has 0 aliphatic carbocycles. The molecule has 0 saturated carbocycles. The minimum atomic E-state index is -3.96. The van der Waals surface area contributed by atoms with E-state index in [2.05, 4.69) is 4.18 Å². The molecular formula is C11H10O4S. The molecule has 0 atom stereocenters.